The van der Waals surface area contributed by atoms with Gasteiger partial charge in [0.2, 0.25) is 5.91 Å². The van der Waals surface area contributed by atoms with Crippen molar-refractivity contribution in [1.82, 2.24) is 10.2 Å². The van der Waals surface area contributed by atoms with Crippen molar-refractivity contribution in [2.45, 2.75) is 58.4 Å². The number of carbonyl (C=O) groups excluding carboxylic acids is 2. The molecule has 0 radical (unpaired) electrons. The molecule has 2 aromatic rings. The third kappa shape index (κ3) is 8.55. The Hall–Kier alpha value is -3.06. The Kier molecular flexibility index (Phi) is 11.1. The molecule has 7 nitrogen and oxygen atoms in total. The molecule has 3 rings (SSSR count). The predicted octanol–water partition coefficient (Wildman–Crippen LogP) is 4.67. The Morgan fingerprint density at radius 3 is 2.33 bits per heavy atom. The molecule has 0 fully saturated rings. The number of nitrogens with one attached hydrogen (secondary N) is 1. The summed E-state index contributed by atoms with van der Waals surface area (Å²) in [6.07, 6.45) is 4.07. The third-order valence-corrected chi connectivity index (χ3v) is 6.55. The first-order valence-electron chi connectivity index (χ1n) is 13.1. The van der Waals surface area contributed by atoms with Gasteiger partial charge in [0.25, 0.3) is 0 Å². The highest BCUT2D eigenvalue weighted by Crippen LogP contribution is 2.31. The van der Waals surface area contributed by atoms with Gasteiger partial charge in [0.1, 0.15) is 19.0 Å². The van der Waals surface area contributed by atoms with Crippen LogP contribution < -0.4 is 19.5 Å². The molecule has 0 aromatic heterocycles. The minimum Gasteiger partial charge on any atom is -0.497 e. The van der Waals surface area contributed by atoms with Gasteiger partial charge in [-0.25, -0.2) is 0 Å². The molecular formula is C29H40N2O5. The lowest BCUT2D eigenvalue weighted by molar-refractivity contribution is -0.122. The Morgan fingerprint density at radius 2 is 1.64 bits per heavy atom. The van der Waals surface area contributed by atoms with Crippen LogP contribution in [0, 0.1) is 0 Å². The number of hydrogen-bond acceptors (Lipinski definition) is 6. The Bertz CT molecular complexity index is 972. The Morgan fingerprint density at radius 1 is 0.944 bits per heavy atom. The van der Waals surface area contributed by atoms with E-state index in [9.17, 15) is 9.59 Å². The van der Waals surface area contributed by atoms with Crippen LogP contribution in [0.4, 0.5) is 0 Å². The number of benzene rings is 2. The number of nitrogens with zero attached hydrogens (tertiary/aromatic N) is 1. The molecular weight excluding hydrogens is 456 g/mol. The second-order valence-electron chi connectivity index (χ2n) is 9.14. The summed E-state index contributed by atoms with van der Waals surface area (Å²) in [5.41, 5.74) is 1.82. The molecule has 0 saturated heterocycles. The second-order valence-corrected chi connectivity index (χ2v) is 9.14. The summed E-state index contributed by atoms with van der Waals surface area (Å²) in [7, 11) is 1.61. The van der Waals surface area contributed by atoms with E-state index in [4.69, 9.17) is 14.2 Å². The van der Waals surface area contributed by atoms with Gasteiger partial charge < -0.3 is 24.4 Å². The summed E-state index contributed by atoms with van der Waals surface area (Å²) in [4.78, 5) is 27.5. The number of amides is 1. The van der Waals surface area contributed by atoms with E-state index in [0.29, 0.717) is 31.6 Å². The van der Waals surface area contributed by atoms with Crippen LogP contribution in [-0.4, -0.2) is 62.6 Å². The van der Waals surface area contributed by atoms with Crippen molar-refractivity contribution >= 4 is 11.7 Å². The van der Waals surface area contributed by atoms with Crippen molar-refractivity contribution in [2.24, 2.45) is 0 Å². The highest BCUT2D eigenvalue weighted by molar-refractivity contribution is 5.96. The summed E-state index contributed by atoms with van der Waals surface area (Å²) >= 11 is 0. The Labute approximate surface area is 215 Å². The van der Waals surface area contributed by atoms with Crippen molar-refractivity contribution < 1.29 is 23.8 Å². The standard InChI is InChI=1S/C29H40N2O5/c1-4-31(5-2)21-24(19-22-11-16-27-28(20-22)36-18-17-35-27)30-29(33)10-8-6-7-9-26(32)23-12-14-25(34-3)15-13-23/h11-16,20,24H,4-10,17-19,21H2,1-3H3,(H,30,33)/t24-/m0/s1. The van der Waals surface area contributed by atoms with Crippen LogP contribution in [0.1, 0.15) is 61.9 Å². The van der Waals surface area contributed by atoms with Crippen LogP contribution in [-0.2, 0) is 11.2 Å². The lowest BCUT2D eigenvalue weighted by atomic mass is 10.0. The molecule has 0 spiro atoms. The molecule has 0 saturated carbocycles. The van der Waals surface area contributed by atoms with Gasteiger partial charge in [-0.2, -0.15) is 0 Å². The average molecular weight is 497 g/mol. The molecule has 0 bridgehead atoms. The maximum atomic E-state index is 12.8. The lowest BCUT2D eigenvalue weighted by Crippen LogP contribution is -2.45. The van der Waals surface area contributed by atoms with E-state index in [1.54, 1.807) is 31.4 Å². The van der Waals surface area contributed by atoms with Crippen LogP contribution in [0.15, 0.2) is 42.5 Å². The van der Waals surface area contributed by atoms with Crippen LogP contribution in [0.3, 0.4) is 0 Å². The quantitative estimate of drug-likeness (QED) is 0.285. The first-order chi connectivity index (χ1) is 17.5. The van der Waals surface area contributed by atoms with Gasteiger partial charge in [-0.15, -0.1) is 0 Å². The number of rotatable bonds is 15. The summed E-state index contributed by atoms with van der Waals surface area (Å²) < 4.78 is 16.5. The van der Waals surface area contributed by atoms with Crippen LogP contribution >= 0.6 is 0 Å². The maximum Gasteiger partial charge on any atom is 0.220 e. The predicted molar refractivity (Wildman–Crippen MR) is 141 cm³/mol. The number of fused-ring (bicyclic) bond motifs is 1. The minimum atomic E-state index is 0.0107. The largest absolute Gasteiger partial charge is 0.497 e. The smallest absolute Gasteiger partial charge is 0.220 e. The fraction of sp³-hybridized carbons (Fsp3) is 0.517. The SMILES string of the molecule is CCN(CC)C[C@H](Cc1ccc2c(c1)OCCO2)NC(=O)CCCCCC(=O)c1ccc(OC)cc1. The Balaban J connectivity index is 1.45. The molecule has 2 aromatic carbocycles. The maximum absolute atomic E-state index is 12.8. The highest BCUT2D eigenvalue weighted by atomic mass is 16.6. The van der Waals surface area contributed by atoms with Gasteiger partial charge in [-0.1, -0.05) is 26.3 Å². The molecule has 1 aliphatic heterocycles. The lowest BCUT2D eigenvalue weighted by Gasteiger charge is -2.27. The number of ether oxygens (including phenoxy) is 3. The van der Waals surface area contributed by atoms with E-state index in [-0.39, 0.29) is 17.7 Å². The molecule has 196 valence electrons. The van der Waals surface area contributed by atoms with E-state index in [1.807, 2.05) is 12.1 Å². The number of ketones is 1. The zero-order valence-electron chi connectivity index (χ0n) is 21.9. The van der Waals surface area contributed by atoms with Crippen molar-refractivity contribution in [2.75, 3.05) is 40.0 Å². The van der Waals surface area contributed by atoms with Gasteiger partial charge in [0.15, 0.2) is 17.3 Å². The molecule has 1 aliphatic rings. The van der Waals surface area contributed by atoms with E-state index < -0.39 is 0 Å². The number of Topliss-reactive ketones (excluding diaryl/α,β-unsaturated/α-hetero) is 1. The van der Waals surface area contributed by atoms with Crippen LogP contribution in [0.2, 0.25) is 0 Å². The molecule has 1 heterocycles. The number of methoxy groups -OCH3 is 1. The molecule has 0 aliphatic carbocycles. The van der Waals surface area contributed by atoms with Gasteiger partial charge in [0.05, 0.1) is 7.11 Å². The van der Waals surface area contributed by atoms with Crippen molar-refractivity contribution in [3.05, 3.63) is 53.6 Å². The van der Waals surface area contributed by atoms with Crippen LogP contribution in [0.25, 0.3) is 0 Å². The number of unbranched alkanes of at least 4 members (excludes halogenated alkanes) is 2. The molecule has 36 heavy (non-hydrogen) atoms. The summed E-state index contributed by atoms with van der Waals surface area (Å²) in [6.45, 7) is 8.08. The van der Waals surface area contributed by atoms with Gasteiger partial charge in [-0.3, -0.25) is 9.59 Å². The monoisotopic (exact) mass is 496 g/mol. The van der Waals surface area contributed by atoms with Gasteiger partial charge >= 0.3 is 0 Å². The number of likely N-dealkylation sites (N-methyl/N-ethyl adjacent to an activating group) is 1. The fourth-order valence-corrected chi connectivity index (χ4v) is 4.42. The summed E-state index contributed by atoms with van der Waals surface area (Å²) in [5, 5.41) is 3.25. The number of carbonyl (C=O) groups is 2. The van der Waals surface area contributed by atoms with Crippen LogP contribution in [0.5, 0.6) is 17.2 Å². The molecule has 1 atom stereocenters. The molecule has 1 amide bonds. The summed E-state index contributed by atoms with van der Waals surface area (Å²) in [6, 6.07) is 13.2. The zero-order valence-corrected chi connectivity index (χ0v) is 21.9. The number of hydrogen-bond donors (Lipinski definition) is 1. The minimum absolute atomic E-state index is 0.0107. The first-order valence-corrected chi connectivity index (χ1v) is 13.1. The van der Waals surface area contributed by atoms with Gasteiger partial charge in [0, 0.05) is 31.0 Å². The highest BCUT2D eigenvalue weighted by Gasteiger charge is 2.18. The van der Waals surface area contributed by atoms with Crippen molar-refractivity contribution in [3.63, 3.8) is 0 Å². The fourth-order valence-electron chi connectivity index (χ4n) is 4.42. The third-order valence-electron chi connectivity index (χ3n) is 6.55. The van der Waals surface area contributed by atoms with Crippen molar-refractivity contribution in [1.29, 1.82) is 0 Å². The van der Waals surface area contributed by atoms with E-state index in [0.717, 1.165) is 68.1 Å². The first kappa shape index (κ1) is 27.5. The topological polar surface area (TPSA) is 77.1 Å². The summed E-state index contributed by atoms with van der Waals surface area (Å²) in [5.74, 6) is 2.48. The van der Waals surface area contributed by atoms with E-state index >= 15 is 0 Å². The molecule has 0 unspecified atom stereocenters. The van der Waals surface area contributed by atoms with Crippen molar-refractivity contribution in [3.8, 4) is 17.2 Å². The zero-order chi connectivity index (χ0) is 25.8. The molecule has 1 N–H and O–H groups in total. The van der Waals surface area contributed by atoms with E-state index in [1.165, 1.54) is 0 Å². The second kappa shape index (κ2) is 14.5. The molecule has 7 heteroatoms. The normalized spacial score (nSPS) is 13.3. The van der Waals surface area contributed by atoms with E-state index in [2.05, 4.69) is 30.1 Å². The average Bonchev–Trinajstić information content (AvgIpc) is 2.91. The van der Waals surface area contributed by atoms with Gasteiger partial charge in [-0.05, 0) is 74.3 Å².